The van der Waals surface area contributed by atoms with Gasteiger partial charge in [-0.2, -0.15) is 0 Å². The number of anilines is 1. The van der Waals surface area contributed by atoms with Crippen LogP contribution >= 0.6 is 0 Å². The molecule has 0 saturated carbocycles. The first-order valence-corrected chi connectivity index (χ1v) is 9.30. The number of benzene rings is 2. The minimum absolute atomic E-state index is 0.0180. The van der Waals surface area contributed by atoms with Crippen molar-refractivity contribution in [1.82, 2.24) is 5.32 Å². The summed E-state index contributed by atoms with van der Waals surface area (Å²) in [6, 6.07) is 20.7. The first-order valence-electron chi connectivity index (χ1n) is 9.30. The van der Waals surface area contributed by atoms with Gasteiger partial charge in [0.05, 0.1) is 19.2 Å². The third-order valence-corrected chi connectivity index (χ3v) is 4.22. The number of carbonyl (C=O) groups is 2. The number of rotatable bonds is 7. The summed E-state index contributed by atoms with van der Waals surface area (Å²) in [4.78, 5) is 26.6. The fraction of sp³-hybridized carbons (Fsp3) is 0.217. The van der Waals surface area contributed by atoms with Crippen LogP contribution in [0.1, 0.15) is 35.5 Å². The van der Waals surface area contributed by atoms with Crippen molar-refractivity contribution in [2.24, 2.45) is 0 Å². The minimum atomic E-state index is -0.209. The number of amides is 2. The van der Waals surface area contributed by atoms with Gasteiger partial charge in [-0.1, -0.05) is 42.5 Å². The quantitative estimate of drug-likeness (QED) is 0.672. The van der Waals surface area contributed by atoms with Gasteiger partial charge in [0.2, 0.25) is 5.91 Å². The second-order valence-corrected chi connectivity index (χ2v) is 6.92. The summed E-state index contributed by atoms with van der Waals surface area (Å²) in [6.07, 6.45) is 1.80. The maximum absolute atomic E-state index is 13.0. The van der Waals surface area contributed by atoms with E-state index in [0.717, 1.165) is 16.8 Å². The largest absolute Gasteiger partial charge is 0.459 e. The van der Waals surface area contributed by atoms with Crippen molar-refractivity contribution in [3.05, 3.63) is 89.9 Å². The Labute approximate surface area is 165 Å². The molecule has 0 aliphatic carbocycles. The third-order valence-electron chi connectivity index (χ3n) is 4.22. The first-order chi connectivity index (χ1) is 13.5. The second-order valence-electron chi connectivity index (χ2n) is 6.92. The molecule has 0 aliphatic heterocycles. The summed E-state index contributed by atoms with van der Waals surface area (Å²) in [5.41, 5.74) is 2.66. The monoisotopic (exact) mass is 376 g/mol. The van der Waals surface area contributed by atoms with Crippen LogP contribution in [0.4, 0.5) is 5.69 Å². The molecule has 2 amide bonds. The summed E-state index contributed by atoms with van der Waals surface area (Å²) < 4.78 is 5.30. The highest BCUT2D eigenvalue weighted by molar-refractivity contribution is 6.04. The Morgan fingerprint density at radius 3 is 2.25 bits per heavy atom. The van der Waals surface area contributed by atoms with Crippen molar-refractivity contribution in [3.63, 3.8) is 0 Å². The van der Waals surface area contributed by atoms with Gasteiger partial charge in [-0.05, 0) is 49.2 Å². The zero-order valence-corrected chi connectivity index (χ0v) is 16.1. The number of nitrogens with zero attached hydrogens (tertiary/aromatic N) is 1. The molecule has 0 aliphatic rings. The smallest absolute Gasteiger partial charge is 0.294 e. The lowest BCUT2D eigenvalue weighted by Gasteiger charge is -2.22. The summed E-state index contributed by atoms with van der Waals surface area (Å²) in [7, 11) is 0. The predicted molar refractivity (Wildman–Crippen MR) is 109 cm³/mol. The number of hydrogen-bond donors (Lipinski definition) is 1. The van der Waals surface area contributed by atoms with Gasteiger partial charge in [-0.15, -0.1) is 0 Å². The summed E-state index contributed by atoms with van der Waals surface area (Å²) in [5, 5.41) is 2.88. The molecule has 1 aromatic heterocycles. The molecule has 3 rings (SSSR count). The van der Waals surface area contributed by atoms with Gasteiger partial charge in [0.25, 0.3) is 5.91 Å². The molecule has 1 heterocycles. The van der Waals surface area contributed by atoms with Gasteiger partial charge in [-0.3, -0.25) is 9.59 Å². The van der Waals surface area contributed by atoms with E-state index in [4.69, 9.17) is 4.42 Å². The molecule has 0 atom stereocenters. The Hall–Kier alpha value is -3.34. The molecule has 0 saturated heterocycles. The van der Waals surface area contributed by atoms with Gasteiger partial charge in [0.15, 0.2) is 5.76 Å². The third kappa shape index (κ3) is 5.10. The SMILES string of the molecule is CC(C)NC(=O)Cc1ccc(N(Cc2ccccc2)C(=O)c2ccco2)cc1. The maximum Gasteiger partial charge on any atom is 0.294 e. The summed E-state index contributed by atoms with van der Waals surface area (Å²) in [5.74, 6) is 0.0611. The predicted octanol–water partition coefficient (Wildman–Crippen LogP) is 4.19. The molecule has 144 valence electrons. The van der Waals surface area contributed by atoms with Crippen LogP contribution in [-0.4, -0.2) is 17.9 Å². The van der Waals surface area contributed by atoms with Crippen LogP contribution in [0.3, 0.4) is 0 Å². The molecule has 5 heteroatoms. The number of hydrogen-bond acceptors (Lipinski definition) is 3. The van der Waals surface area contributed by atoms with Crippen LogP contribution in [0.15, 0.2) is 77.4 Å². The molecule has 0 fully saturated rings. The normalized spacial score (nSPS) is 10.7. The van der Waals surface area contributed by atoms with E-state index in [2.05, 4.69) is 5.32 Å². The van der Waals surface area contributed by atoms with E-state index in [-0.39, 0.29) is 23.6 Å². The average molecular weight is 376 g/mol. The van der Waals surface area contributed by atoms with E-state index in [9.17, 15) is 9.59 Å². The summed E-state index contributed by atoms with van der Waals surface area (Å²) >= 11 is 0. The van der Waals surface area contributed by atoms with Gasteiger partial charge in [0.1, 0.15) is 0 Å². The van der Waals surface area contributed by atoms with E-state index in [1.807, 2.05) is 68.4 Å². The maximum atomic E-state index is 13.0. The molecule has 0 spiro atoms. The lowest BCUT2D eigenvalue weighted by molar-refractivity contribution is -0.120. The van der Waals surface area contributed by atoms with Gasteiger partial charge < -0.3 is 14.6 Å². The van der Waals surface area contributed by atoms with Crippen molar-refractivity contribution >= 4 is 17.5 Å². The van der Waals surface area contributed by atoms with E-state index < -0.39 is 0 Å². The van der Waals surface area contributed by atoms with E-state index in [0.29, 0.717) is 13.0 Å². The Balaban J connectivity index is 1.81. The van der Waals surface area contributed by atoms with E-state index >= 15 is 0 Å². The molecule has 1 N–H and O–H groups in total. The lowest BCUT2D eigenvalue weighted by atomic mass is 10.1. The van der Waals surface area contributed by atoms with Crippen LogP contribution in [0.5, 0.6) is 0 Å². The Kier molecular flexibility index (Phi) is 6.27. The standard InChI is InChI=1S/C23H24N2O3/c1-17(2)24-22(26)15-18-10-12-20(13-11-18)25(16-19-7-4-3-5-8-19)23(27)21-9-6-14-28-21/h3-14,17H,15-16H2,1-2H3,(H,24,26). The number of nitrogens with one attached hydrogen (secondary N) is 1. The zero-order valence-electron chi connectivity index (χ0n) is 16.1. The number of carbonyl (C=O) groups excluding carboxylic acids is 2. The lowest BCUT2D eigenvalue weighted by Crippen LogP contribution is -2.31. The molecule has 2 aromatic carbocycles. The van der Waals surface area contributed by atoms with Crippen molar-refractivity contribution < 1.29 is 14.0 Å². The van der Waals surface area contributed by atoms with Crippen LogP contribution in [0.2, 0.25) is 0 Å². The summed E-state index contributed by atoms with van der Waals surface area (Å²) in [6.45, 7) is 4.29. The highest BCUT2D eigenvalue weighted by Crippen LogP contribution is 2.21. The Morgan fingerprint density at radius 2 is 1.64 bits per heavy atom. The highest BCUT2D eigenvalue weighted by atomic mass is 16.3. The van der Waals surface area contributed by atoms with Gasteiger partial charge in [0, 0.05) is 11.7 Å². The Bertz CT molecular complexity index is 901. The number of furan rings is 1. The molecule has 3 aromatic rings. The van der Waals surface area contributed by atoms with E-state index in [1.165, 1.54) is 6.26 Å². The van der Waals surface area contributed by atoms with E-state index in [1.54, 1.807) is 17.0 Å². The van der Waals surface area contributed by atoms with Crippen molar-refractivity contribution in [1.29, 1.82) is 0 Å². The van der Waals surface area contributed by atoms with Crippen LogP contribution in [0, 0.1) is 0 Å². The fourth-order valence-electron chi connectivity index (χ4n) is 2.93. The molecular formula is C23H24N2O3. The van der Waals surface area contributed by atoms with Crippen molar-refractivity contribution in [3.8, 4) is 0 Å². The van der Waals surface area contributed by atoms with Gasteiger partial charge in [-0.25, -0.2) is 0 Å². The minimum Gasteiger partial charge on any atom is -0.459 e. The molecule has 0 radical (unpaired) electrons. The van der Waals surface area contributed by atoms with Crippen LogP contribution in [0.25, 0.3) is 0 Å². The highest BCUT2D eigenvalue weighted by Gasteiger charge is 2.20. The van der Waals surface area contributed by atoms with Crippen molar-refractivity contribution in [2.45, 2.75) is 32.9 Å². The average Bonchev–Trinajstić information content (AvgIpc) is 3.21. The Morgan fingerprint density at radius 1 is 0.929 bits per heavy atom. The van der Waals surface area contributed by atoms with Gasteiger partial charge >= 0.3 is 0 Å². The topological polar surface area (TPSA) is 62.6 Å². The molecular weight excluding hydrogens is 352 g/mol. The van der Waals surface area contributed by atoms with Crippen LogP contribution in [-0.2, 0) is 17.8 Å². The van der Waals surface area contributed by atoms with Crippen molar-refractivity contribution in [2.75, 3.05) is 4.90 Å². The molecule has 0 bridgehead atoms. The molecule has 5 nitrogen and oxygen atoms in total. The molecule has 28 heavy (non-hydrogen) atoms. The first kappa shape index (κ1) is 19.4. The second kappa shape index (κ2) is 9.04. The molecule has 0 unspecified atom stereocenters. The fourth-order valence-corrected chi connectivity index (χ4v) is 2.93. The van der Waals surface area contributed by atoms with Crippen LogP contribution < -0.4 is 10.2 Å². The zero-order chi connectivity index (χ0) is 19.9.